The average Bonchev–Trinajstić information content (AvgIpc) is 3.16. The minimum atomic E-state index is -3.46. The second kappa shape index (κ2) is 6.29. The molecule has 0 spiro atoms. The number of nitrogens with one attached hydrogen (secondary N) is 3. The SMILES string of the molecule is O=C(NCCS(=O)(=O)N1CCc2ccccc21)Nc1cn[nH]c1. The Morgan fingerprint density at radius 3 is 2.96 bits per heavy atom. The van der Waals surface area contributed by atoms with E-state index in [2.05, 4.69) is 20.8 Å². The van der Waals surface area contributed by atoms with Crippen LogP contribution in [0.5, 0.6) is 0 Å². The van der Waals surface area contributed by atoms with E-state index in [1.165, 1.54) is 16.7 Å². The Bertz CT molecular complexity index is 789. The van der Waals surface area contributed by atoms with Crippen molar-refractivity contribution in [2.45, 2.75) is 6.42 Å². The fraction of sp³-hybridized carbons (Fsp3) is 0.286. The number of hydrogen-bond acceptors (Lipinski definition) is 4. The number of para-hydroxylation sites is 1. The third-order valence-electron chi connectivity index (χ3n) is 3.58. The fourth-order valence-corrected chi connectivity index (χ4v) is 3.92. The summed E-state index contributed by atoms with van der Waals surface area (Å²) in [5, 5.41) is 11.3. The number of carbonyl (C=O) groups is 1. The minimum Gasteiger partial charge on any atom is -0.337 e. The number of rotatable bonds is 5. The number of carbonyl (C=O) groups excluding carboxylic acids is 1. The lowest BCUT2D eigenvalue weighted by atomic mass is 10.2. The Morgan fingerprint density at radius 1 is 1.35 bits per heavy atom. The topological polar surface area (TPSA) is 107 Å². The number of aromatic amines is 1. The van der Waals surface area contributed by atoms with Gasteiger partial charge in [0, 0.05) is 19.3 Å². The first-order chi connectivity index (χ1) is 11.1. The Kier molecular flexibility index (Phi) is 4.20. The van der Waals surface area contributed by atoms with E-state index in [1.54, 1.807) is 6.07 Å². The molecule has 3 rings (SSSR count). The molecule has 0 aliphatic carbocycles. The van der Waals surface area contributed by atoms with E-state index in [4.69, 9.17) is 0 Å². The first-order valence-corrected chi connectivity index (χ1v) is 8.79. The van der Waals surface area contributed by atoms with Crippen molar-refractivity contribution >= 4 is 27.4 Å². The van der Waals surface area contributed by atoms with Crippen molar-refractivity contribution in [1.29, 1.82) is 0 Å². The van der Waals surface area contributed by atoms with Crippen LogP contribution in [0.2, 0.25) is 0 Å². The van der Waals surface area contributed by atoms with Gasteiger partial charge in [-0.1, -0.05) is 18.2 Å². The van der Waals surface area contributed by atoms with Crippen molar-refractivity contribution in [3.05, 3.63) is 42.2 Å². The van der Waals surface area contributed by atoms with Crippen LogP contribution in [-0.2, 0) is 16.4 Å². The monoisotopic (exact) mass is 335 g/mol. The third kappa shape index (κ3) is 3.45. The highest BCUT2D eigenvalue weighted by Gasteiger charge is 2.28. The fourth-order valence-electron chi connectivity index (χ4n) is 2.50. The van der Waals surface area contributed by atoms with Crippen LogP contribution in [0.3, 0.4) is 0 Å². The first kappa shape index (κ1) is 15.3. The van der Waals surface area contributed by atoms with Gasteiger partial charge in [0.25, 0.3) is 0 Å². The van der Waals surface area contributed by atoms with Crippen LogP contribution in [0.15, 0.2) is 36.7 Å². The molecule has 122 valence electrons. The van der Waals surface area contributed by atoms with Crippen molar-refractivity contribution in [3.63, 3.8) is 0 Å². The van der Waals surface area contributed by atoms with Gasteiger partial charge in [-0.2, -0.15) is 5.10 Å². The number of sulfonamides is 1. The smallest absolute Gasteiger partial charge is 0.319 e. The second-order valence-corrected chi connectivity index (χ2v) is 7.15. The zero-order valence-corrected chi connectivity index (χ0v) is 13.1. The van der Waals surface area contributed by atoms with E-state index >= 15 is 0 Å². The van der Waals surface area contributed by atoms with Crippen LogP contribution >= 0.6 is 0 Å². The van der Waals surface area contributed by atoms with Gasteiger partial charge in [-0.05, 0) is 18.1 Å². The molecule has 8 nitrogen and oxygen atoms in total. The van der Waals surface area contributed by atoms with Gasteiger partial charge < -0.3 is 10.6 Å². The van der Waals surface area contributed by atoms with Crippen LogP contribution in [0.4, 0.5) is 16.2 Å². The molecule has 0 fully saturated rings. The Labute approximate surface area is 133 Å². The molecule has 1 aromatic heterocycles. The van der Waals surface area contributed by atoms with Gasteiger partial charge >= 0.3 is 6.03 Å². The molecule has 1 aromatic carbocycles. The summed E-state index contributed by atoms with van der Waals surface area (Å²) < 4.78 is 26.3. The number of benzene rings is 1. The maximum absolute atomic E-state index is 12.4. The lowest BCUT2D eigenvalue weighted by Gasteiger charge is -2.19. The molecule has 23 heavy (non-hydrogen) atoms. The molecule has 3 N–H and O–H groups in total. The molecule has 0 saturated heterocycles. The molecular weight excluding hydrogens is 318 g/mol. The van der Waals surface area contributed by atoms with E-state index in [9.17, 15) is 13.2 Å². The molecule has 2 aromatic rings. The number of aromatic nitrogens is 2. The van der Waals surface area contributed by atoms with Crippen LogP contribution in [0.25, 0.3) is 0 Å². The molecule has 2 amide bonds. The molecule has 0 radical (unpaired) electrons. The minimum absolute atomic E-state index is 0.0324. The summed E-state index contributed by atoms with van der Waals surface area (Å²) in [6.07, 6.45) is 3.69. The molecular formula is C14H17N5O3S. The van der Waals surface area contributed by atoms with Gasteiger partial charge in [-0.15, -0.1) is 0 Å². The Balaban J connectivity index is 1.55. The zero-order chi connectivity index (χ0) is 16.3. The summed E-state index contributed by atoms with van der Waals surface area (Å²) in [5.74, 6) is -0.153. The first-order valence-electron chi connectivity index (χ1n) is 7.18. The van der Waals surface area contributed by atoms with Crippen LogP contribution in [0, 0.1) is 0 Å². The van der Waals surface area contributed by atoms with Gasteiger partial charge in [0.1, 0.15) is 0 Å². The largest absolute Gasteiger partial charge is 0.337 e. The predicted octanol–water partition coefficient (Wildman–Crippen LogP) is 0.924. The van der Waals surface area contributed by atoms with Crippen molar-refractivity contribution in [1.82, 2.24) is 15.5 Å². The van der Waals surface area contributed by atoms with Crippen molar-refractivity contribution in [3.8, 4) is 0 Å². The van der Waals surface area contributed by atoms with Gasteiger partial charge in [-0.3, -0.25) is 9.40 Å². The molecule has 9 heteroatoms. The maximum Gasteiger partial charge on any atom is 0.319 e. The number of anilines is 2. The summed E-state index contributed by atoms with van der Waals surface area (Å²) in [6, 6.07) is 6.99. The summed E-state index contributed by atoms with van der Waals surface area (Å²) in [5.41, 5.74) is 2.27. The van der Waals surface area contributed by atoms with Gasteiger partial charge in [0.05, 0.1) is 23.3 Å². The van der Waals surface area contributed by atoms with E-state index in [0.29, 0.717) is 18.7 Å². The molecule has 2 heterocycles. The predicted molar refractivity (Wildman–Crippen MR) is 86.9 cm³/mol. The molecule has 1 aliphatic heterocycles. The summed E-state index contributed by atoms with van der Waals surface area (Å²) >= 11 is 0. The third-order valence-corrected chi connectivity index (χ3v) is 5.35. The van der Waals surface area contributed by atoms with E-state index < -0.39 is 16.1 Å². The Morgan fingerprint density at radius 2 is 2.17 bits per heavy atom. The van der Waals surface area contributed by atoms with Crippen molar-refractivity contribution < 1.29 is 13.2 Å². The number of fused-ring (bicyclic) bond motifs is 1. The number of nitrogens with zero attached hydrogens (tertiary/aromatic N) is 2. The summed E-state index contributed by atoms with van der Waals surface area (Å²) in [4.78, 5) is 11.6. The number of hydrogen-bond donors (Lipinski definition) is 3. The molecule has 0 unspecified atom stereocenters. The van der Waals surface area contributed by atoms with E-state index in [-0.39, 0.29) is 12.3 Å². The second-order valence-electron chi connectivity index (χ2n) is 5.13. The number of H-pyrrole nitrogens is 1. The average molecular weight is 335 g/mol. The number of urea groups is 1. The van der Waals surface area contributed by atoms with Crippen LogP contribution in [-0.4, -0.2) is 43.5 Å². The maximum atomic E-state index is 12.4. The normalized spacial score (nSPS) is 13.7. The van der Waals surface area contributed by atoms with Crippen LogP contribution < -0.4 is 14.9 Å². The molecule has 1 aliphatic rings. The zero-order valence-electron chi connectivity index (χ0n) is 12.3. The summed E-state index contributed by atoms with van der Waals surface area (Å²) in [7, 11) is -3.46. The molecule has 0 saturated carbocycles. The van der Waals surface area contributed by atoms with Gasteiger partial charge in [-0.25, -0.2) is 13.2 Å². The highest BCUT2D eigenvalue weighted by atomic mass is 32.2. The standard InChI is InChI=1S/C14H17N5O3S/c20-14(18-12-9-16-17-10-12)15-6-8-23(21,22)19-7-5-11-3-1-2-4-13(11)19/h1-4,9-10H,5-8H2,(H,16,17)(H2,15,18,20). The van der Waals surface area contributed by atoms with Crippen LogP contribution in [0.1, 0.15) is 5.56 Å². The lowest BCUT2D eigenvalue weighted by Crippen LogP contribution is -2.38. The highest BCUT2D eigenvalue weighted by Crippen LogP contribution is 2.29. The van der Waals surface area contributed by atoms with Crippen molar-refractivity contribution in [2.75, 3.05) is 28.5 Å². The quantitative estimate of drug-likeness (QED) is 0.755. The van der Waals surface area contributed by atoms with Gasteiger partial charge in [0.15, 0.2) is 0 Å². The van der Waals surface area contributed by atoms with E-state index in [0.717, 1.165) is 11.3 Å². The molecule has 0 atom stereocenters. The highest BCUT2D eigenvalue weighted by molar-refractivity contribution is 7.92. The lowest BCUT2D eigenvalue weighted by molar-refractivity contribution is 0.252. The number of amides is 2. The van der Waals surface area contributed by atoms with E-state index in [1.807, 2.05) is 18.2 Å². The molecule has 0 bridgehead atoms. The Hall–Kier alpha value is -2.55. The summed E-state index contributed by atoms with van der Waals surface area (Å²) in [6.45, 7) is 0.480. The van der Waals surface area contributed by atoms with Crippen molar-refractivity contribution in [2.24, 2.45) is 0 Å². The van der Waals surface area contributed by atoms with Gasteiger partial charge in [0.2, 0.25) is 10.0 Å².